The minimum absolute atomic E-state index is 0.614. The molecule has 0 spiro atoms. The van der Waals surface area contributed by atoms with Gasteiger partial charge in [-0.15, -0.1) is 0 Å². The maximum absolute atomic E-state index is 2.33. The number of allylic oxidation sites excluding steroid dienone is 2. The Morgan fingerprint density at radius 2 is 1.81 bits per heavy atom. The van der Waals surface area contributed by atoms with Crippen molar-refractivity contribution in [3.05, 3.63) is 48.0 Å². The fraction of sp³-hybridized carbons (Fsp3) is 0.500. The van der Waals surface area contributed by atoms with Crippen LogP contribution < -0.4 is 0 Å². The van der Waals surface area contributed by atoms with E-state index in [-0.39, 0.29) is 0 Å². The van der Waals surface area contributed by atoms with Crippen molar-refractivity contribution >= 4 is 0 Å². The van der Waals surface area contributed by atoms with E-state index in [2.05, 4.69) is 56.3 Å². The van der Waals surface area contributed by atoms with Crippen LogP contribution in [0.3, 0.4) is 0 Å². The third-order valence-corrected chi connectivity index (χ3v) is 3.02. The second kappa shape index (κ2) is 8.15. The van der Waals surface area contributed by atoms with Crippen molar-refractivity contribution in [3.63, 3.8) is 0 Å². The third-order valence-electron chi connectivity index (χ3n) is 3.02. The van der Waals surface area contributed by atoms with Gasteiger partial charge < -0.3 is 0 Å². The molecule has 0 aliphatic rings. The van der Waals surface area contributed by atoms with Crippen molar-refractivity contribution in [2.45, 2.75) is 51.9 Å². The van der Waals surface area contributed by atoms with Crippen molar-refractivity contribution in [2.75, 3.05) is 0 Å². The van der Waals surface area contributed by atoms with Crippen LogP contribution in [0, 0.1) is 0 Å². The summed E-state index contributed by atoms with van der Waals surface area (Å²) in [6, 6.07) is 10.8. The molecular formula is C16H24. The number of rotatable bonds is 7. The molecule has 0 aliphatic carbocycles. The van der Waals surface area contributed by atoms with E-state index in [4.69, 9.17) is 0 Å². The van der Waals surface area contributed by atoms with Crippen LogP contribution in [-0.4, -0.2) is 0 Å². The smallest absolute Gasteiger partial charge is 0.00178 e. The fourth-order valence-electron chi connectivity index (χ4n) is 2.10. The summed E-state index contributed by atoms with van der Waals surface area (Å²) in [6.07, 6.45) is 11.2. The van der Waals surface area contributed by atoms with Crippen LogP contribution in [0.4, 0.5) is 0 Å². The highest BCUT2D eigenvalue weighted by atomic mass is 14.1. The van der Waals surface area contributed by atoms with Crippen LogP contribution in [-0.2, 0) is 0 Å². The Balaban J connectivity index is 2.48. The minimum atomic E-state index is 0.614. The van der Waals surface area contributed by atoms with Gasteiger partial charge in [0.25, 0.3) is 0 Å². The summed E-state index contributed by atoms with van der Waals surface area (Å²) < 4.78 is 0. The molecule has 1 aromatic carbocycles. The summed E-state index contributed by atoms with van der Waals surface area (Å²) in [5, 5.41) is 0. The first-order valence-electron chi connectivity index (χ1n) is 6.56. The SMILES string of the molecule is C/C=C/C(CCCCCC)c1ccccc1. The molecule has 0 aliphatic heterocycles. The van der Waals surface area contributed by atoms with Crippen LogP contribution in [0.15, 0.2) is 42.5 Å². The zero-order valence-corrected chi connectivity index (χ0v) is 10.7. The Labute approximate surface area is 100 Å². The molecule has 1 unspecified atom stereocenters. The van der Waals surface area contributed by atoms with E-state index >= 15 is 0 Å². The van der Waals surface area contributed by atoms with Gasteiger partial charge in [-0.1, -0.05) is 75.1 Å². The first-order valence-corrected chi connectivity index (χ1v) is 6.56. The molecular weight excluding hydrogens is 192 g/mol. The Kier molecular flexibility index (Phi) is 6.64. The number of hydrogen-bond acceptors (Lipinski definition) is 0. The number of hydrogen-bond donors (Lipinski definition) is 0. The molecule has 1 rings (SSSR count). The molecule has 0 saturated heterocycles. The summed E-state index contributed by atoms with van der Waals surface area (Å²) in [6.45, 7) is 4.38. The Morgan fingerprint density at radius 3 is 2.44 bits per heavy atom. The number of unbranched alkanes of at least 4 members (excludes halogenated alkanes) is 3. The number of benzene rings is 1. The normalized spacial score (nSPS) is 13.1. The molecule has 0 aromatic heterocycles. The van der Waals surface area contributed by atoms with Crippen LogP contribution in [0.1, 0.15) is 57.4 Å². The van der Waals surface area contributed by atoms with E-state index < -0.39 is 0 Å². The summed E-state index contributed by atoms with van der Waals surface area (Å²) in [4.78, 5) is 0. The average Bonchev–Trinajstić information content (AvgIpc) is 2.34. The molecule has 0 heterocycles. The molecule has 16 heavy (non-hydrogen) atoms. The average molecular weight is 216 g/mol. The molecule has 0 amide bonds. The topological polar surface area (TPSA) is 0 Å². The van der Waals surface area contributed by atoms with Gasteiger partial charge in [-0.2, -0.15) is 0 Å². The van der Waals surface area contributed by atoms with Crippen molar-refractivity contribution in [1.29, 1.82) is 0 Å². The maximum atomic E-state index is 2.33. The molecule has 0 N–H and O–H groups in total. The monoisotopic (exact) mass is 216 g/mol. The van der Waals surface area contributed by atoms with Gasteiger partial charge in [0, 0.05) is 5.92 Å². The highest BCUT2D eigenvalue weighted by Crippen LogP contribution is 2.23. The lowest BCUT2D eigenvalue weighted by Crippen LogP contribution is -1.95. The Bertz CT molecular complexity index is 284. The molecule has 0 radical (unpaired) electrons. The van der Waals surface area contributed by atoms with Gasteiger partial charge in [-0.3, -0.25) is 0 Å². The fourth-order valence-corrected chi connectivity index (χ4v) is 2.10. The van der Waals surface area contributed by atoms with E-state index in [0.29, 0.717) is 5.92 Å². The zero-order valence-electron chi connectivity index (χ0n) is 10.7. The highest BCUT2D eigenvalue weighted by Gasteiger charge is 2.06. The van der Waals surface area contributed by atoms with Gasteiger partial charge >= 0.3 is 0 Å². The summed E-state index contributed by atoms with van der Waals surface area (Å²) in [7, 11) is 0. The van der Waals surface area contributed by atoms with Gasteiger partial charge in [0.1, 0.15) is 0 Å². The van der Waals surface area contributed by atoms with Crippen molar-refractivity contribution < 1.29 is 0 Å². The van der Waals surface area contributed by atoms with Gasteiger partial charge in [0.2, 0.25) is 0 Å². The minimum Gasteiger partial charge on any atom is -0.0910 e. The lowest BCUT2D eigenvalue weighted by atomic mass is 9.93. The first kappa shape index (κ1) is 13.0. The Morgan fingerprint density at radius 1 is 1.06 bits per heavy atom. The molecule has 88 valence electrons. The molecule has 1 atom stereocenters. The molecule has 0 fully saturated rings. The van der Waals surface area contributed by atoms with E-state index in [1.54, 1.807) is 0 Å². The lowest BCUT2D eigenvalue weighted by Gasteiger charge is -2.12. The molecule has 0 bridgehead atoms. The third kappa shape index (κ3) is 4.65. The van der Waals surface area contributed by atoms with E-state index in [1.165, 1.54) is 37.7 Å². The molecule has 0 saturated carbocycles. The maximum Gasteiger partial charge on any atom is 0.00178 e. The van der Waals surface area contributed by atoms with Crippen LogP contribution in [0.25, 0.3) is 0 Å². The predicted octanol–water partition coefficient (Wildman–Crippen LogP) is 5.32. The van der Waals surface area contributed by atoms with Crippen LogP contribution >= 0.6 is 0 Å². The molecule has 0 nitrogen and oxygen atoms in total. The standard InChI is InChI=1S/C16H24/c1-3-5-6-8-12-15(11-4-2)16-13-9-7-10-14-16/h4,7,9-11,13-15H,3,5-6,8,12H2,1-2H3/b11-4+. The second-order valence-electron chi connectivity index (χ2n) is 4.39. The van der Waals surface area contributed by atoms with E-state index in [0.717, 1.165) is 0 Å². The van der Waals surface area contributed by atoms with Gasteiger partial charge in [-0.05, 0) is 18.9 Å². The largest absolute Gasteiger partial charge is 0.0910 e. The van der Waals surface area contributed by atoms with Crippen LogP contribution in [0.5, 0.6) is 0 Å². The molecule has 1 aromatic rings. The lowest BCUT2D eigenvalue weighted by molar-refractivity contribution is 0.604. The van der Waals surface area contributed by atoms with E-state index in [1.807, 2.05) is 0 Å². The first-order chi connectivity index (χ1) is 7.88. The summed E-state index contributed by atoms with van der Waals surface area (Å²) in [5.41, 5.74) is 1.46. The van der Waals surface area contributed by atoms with Crippen molar-refractivity contribution in [1.82, 2.24) is 0 Å². The highest BCUT2D eigenvalue weighted by molar-refractivity contribution is 5.23. The van der Waals surface area contributed by atoms with Gasteiger partial charge in [0.05, 0.1) is 0 Å². The van der Waals surface area contributed by atoms with E-state index in [9.17, 15) is 0 Å². The molecule has 0 heteroatoms. The van der Waals surface area contributed by atoms with Gasteiger partial charge in [0.15, 0.2) is 0 Å². The second-order valence-corrected chi connectivity index (χ2v) is 4.39. The summed E-state index contributed by atoms with van der Waals surface area (Å²) in [5.74, 6) is 0.614. The summed E-state index contributed by atoms with van der Waals surface area (Å²) >= 11 is 0. The Hall–Kier alpha value is -1.04. The predicted molar refractivity (Wildman–Crippen MR) is 72.8 cm³/mol. The van der Waals surface area contributed by atoms with Crippen molar-refractivity contribution in [3.8, 4) is 0 Å². The quantitative estimate of drug-likeness (QED) is 0.427. The van der Waals surface area contributed by atoms with Crippen molar-refractivity contribution in [2.24, 2.45) is 0 Å². The van der Waals surface area contributed by atoms with Crippen LogP contribution in [0.2, 0.25) is 0 Å². The van der Waals surface area contributed by atoms with Gasteiger partial charge in [-0.25, -0.2) is 0 Å². The zero-order chi connectivity index (χ0) is 11.6.